The van der Waals surface area contributed by atoms with Crippen LogP contribution in [0.2, 0.25) is 0 Å². The molecule has 0 saturated carbocycles. The van der Waals surface area contributed by atoms with E-state index in [0.717, 1.165) is 24.3 Å². The van der Waals surface area contributed by atoms with Crippen molar-refractivity contribution in [3.8, 4) is 5.75 Å². The molecule has 0 aromatic heterocycles. The van der Waals surface area contributed by atoms with Crippen LogP contribution in [-0.4, -0.2) is 30.3 Å². The fourth-order valence-electron chi connectivity index (χ4n) is 2.14. The van der Waals surface area contributed by atoms with Crippen LogP contribution in [0.3, 0.4) is 0 Å². The molecule has 1 atom stereocenters. The number of carboxylic acids is 1. The highest BCUT2D eigenvalue weighted by molar-refractivity contribution is 5.68. The second-order valence-corrected chi connectivity index (χ2v) is 5.08. The third-order valence-corrected chi connectivity index (χ3v) is 3.10. The monoisotopic (exact) mass is 265 g/mol. The Balaban J connectivity index is 2.77. The number of ether oxygens (including phenoxy) is 1. The number of hydrogen-bond donors (Lipinski definition) is 2. The fourth-order valence-corrected chi connectivity index (χ4v) is 2.14. The van der Waals surface area contributed by atoms with Gasteiger partial charge in [-0.1, -0.05) is 19.1 Å². The predicted molar refractivity (Wildman–Crippen MR) is 75.6 cm³/mol. The van der Waals surface area contributed by atoms with Crippen LogP contribution in [0, 0.1) is 0 Å². The van der Waals surface area contributed by atoms with E-state index in [1.807, 2.05) is 31.2 Å². The van der Waals surface area contributed by atoms with Crippen molar-refractivity contribution in [2.75, 3.05) is 13.7 Å². The topological polar surface area (TPSA) is 58.6 Å². The van der Waals surface area contributed by atoms with Gasteiger partial charge in [0.15, 0.2) is 0 Å². The van der Waals surface area contributed by atoms with E-state index < -0.39 is 11.5 Å². The minimum Gasteiger partial charge on any atom is -0.497 e. The van der Waals surface area contributed by atoms with Crippen LogP contribution in [0.4, 0.5) is 0 Å². The number of rotatable bonds is 8. The van der Waals surface area contributed by atoms with Gasteiger partial charge in [-0.25, -0.2) is 0 Å². The number of carboxylic acid groups (broad SMARTS) is 1. The largest absolute Gasteiger partial charge is 0.497 e. The van der Waals surface area contributed by atoms with E-state index >= 15 is 0 Å². The molecule has 4 nitrogen and oxygen atoms in total. The molecule has 0 spiro atoms. The van der Waals surface area contributed by atoms with Gasteiger partial charge in [-0.15, -0.1) is 0 Å². The maximum Gasteiger partial charge on any atom is 0.305 e. The zero-order valence-corrected chi connectivity index (χ0v) is 11.9. The van der Waals surface area contributed by atoms with Crippen LogP contribution in [0.15, 0.2) is 24.3 Å². The molecule has 0 bridgehead atoms. The number of methoxy groups -OCH3 is 1. The fraction of sp³-hybridized carbons (Fsp3) is 0.533. The number of aliphatic carboxylic acids is 1. The summed E-state index contributed by atoms with van der Waals surface area (Å²) in [6.07, 6.45) is 1.78. The zero-order chi connectivity index (χ0) is 14.3. The summed E-state index contributed by atoms with van der Waals surface area (Å²) in [6.45, 7) is 4.85. The van der Waals surface area contributed by atoms with Gasteiger partial charge in [0, 0.05) is 5.54 Å². The molecule has 0 amide bonds. The third-order valence-electron chi connectivity index (χ3n) is 3.10. The van der Waals surface area contributed by atoms with Gasteiger partial charge >= 0.3 is 5.97 Å². The molecule has 0 aliphatic carbocycles. The van der Waals surface area contributed by atoms with Crippen LogP contribution in [0.25, 0.3) is 0 Å². The lowest BCUT2D eigenvalue weighted by molar-refractivity contribution is -0.138. The number of benzene rings is 1. The molecule has 0 aliphatic heterocycles. The highest BCUT2D eigenvalue weighted by atomic mass is 16.5. The average molecular weight is 265 g/mol. The van der Waals surface area contributed by atoms with Crippen molar-refractivity contribution in [3.05, 3.63) is 29.8 Å². The summed E-state index contributed by atoms with van der Waals surface area (Å²) < 4.78 is 5.12. The second-order valence-electron chi connectivity index (χ2n) is 5.08. The third kappa shape index (κ3) is 5.30. The van der Waals surface area contributed by atoms with Crippen molar-refractivity contribution >= 4 is 5.97 Å². The van der Waals surface area contributed by atoms with Gasteiger partial charge < -0.3 is 15.2 Å². The van der Waals surface area contributed by atoms with Crippen molar-refractivity contribution < 1.29 is 14.6 Å². The van der Waals surface area contributed by atoms with E-state index in [2.05, 4.69) is 12.2 Å². The van der Waals surface area contributed by atoms with E-state index in [9.17, 15) is 4.79 Å². The molecule has 1 aromatic rings. The van der Waals surface area contributed by atoms with Crippen molar-refractivity contribution in [1.82, 2.24) is 5.32 Å². The highest BCUT2D eigenvalue weighted by Crippen LogP contribution is 2.20. The van der Waals surface area contributed by atoms with Crippen molar-refractivity contribution in [2.45, 2.75) is 38.6 Å². The molecule has 1 rings (SSSR count). The molecule has 106 valence electrons. The normalized spacial score (nSPS) is 13.8. The minimum absolute atomic E-state index is 0.110. The average Bonchev–Trinajstić information content (AvgIpc) is 2.36. The molecule has 1 unspecified atom stereocenters. The van der Waals surface area contributed by atoms with E-state index in [0.29, 0.717) is 6.42 Å². The summed E-state index contributed by atoms with van der Waals surface area (Å²) in [5.74, 6) is 0.0322. The molecule has 2 N–H and O–H groups in total. The lowest BCUT2D eigenvalue weighted by Gasteiger charge is -2.29. The molecule has 0 fully saturated rings. The van der Waals surface area contributed by atoms with Gasteiger partial charge in [0.25, 0.3) is 0 Å². The first kappa shape index (κ1) is 15.5. The molecule has 0 heterocycles. The second kappa shape index (κ2) is 7.14. The van der Waals surface area contributed by atoms with E-state index in [-0.39, 0.29) is 6.42 Å². The minimum atomic E-state index is -0.778. The van der Waals surface area contributed by atoms with E-state index in [1.165, 1.54) is 0 Å². The molecule has 0 radical (unpaired) electrons. The molecule has 19 heavy (non-hydrogen) atoms. The Morgan fingerprint density at radius 3 is 2.47 bits per heavy atom. The molecular formula is C15H23NO3. The van der Waals surface area contributed by atoms with Gasteiger partial charge in [-0.3, -0.25) is 4.79 Å². The summed E-state index contributed by atoms with van der Waals surface area (Å²) in [4.78, 5) is 11.0. The Bertz CT molecular complexity index is 402. The Morgan fingerprint density at radius 2 is 2.00 bits per heavy atom. The quantitative estimate of drug-likeness (QED) is 0.758. The summed E-state index contributed by atoms with van der Waals surface area (Å²) in [5, 5.41) is 12.4. The first-order valence-corrected chi connectivity index (χ1v) is 6.59. The molecule has 0 aliphatic rings. The first-order valence-electron chi connectivity index (χ1n) is 6.59. The van der Waals surface area contributed by atoms with Gasteiger partial charge in [-0.05, 0) is 44.0 Å². The van der Waals surface area contributed by atoms with Crippen LogP contribution in [0.1, 0.15) is 32.3 Å². The maximum absolute atomic E-state index is 11.0. The Hall–Kier alpha value is -1.55. The number of hydrogen-bond acceptors (Lipinski definition) is 3. The number of carbonyl (C=O) groups is 1. The summed E-state index contributed by atoms with van der Waals surface area (Å²) in [6, 6.07) is 7.76. The lowest BCUT2D eigenvalue weighted by Crippen LogP contribution is -2.46. The van der Waals surface area contributed by atoms with E-state index in [1.54, 1.807) is 7.11 Å². The van der Waals surface area contributed by atoms with Gasteiger partial charge in [0.2, 0.25) is 0 Å². The van der Waals surface area contributed by atoms with Crippen LogP contribution in [-0.2, 0) is 11.2 Å². The Labute approximate surface area is 114 Å². The SMILES string of the molecule is CCCNC(C)(CC(=O)O)Cc1ccc(OC)cc1. The van der Waals surface area contributed by atoms with Crippen LogP contribution < -0.4 is 10.1 Å². The Kier molecular flexibility index (Phi) is 5.83. The smallest absolute Gasteiger partial charge is 0.305 e. The van der Waals surface area contributed by atoms with Crippen LogP contribution >= 0.6 is 0 Å². The predicted octanol–water partition coefficient (Wildman–Crippen LogP) is 2.47. The summed E-state index contributed by atoms with van der Waals surface area (Å²) in [5.41, 5.74) is 0.685. The van der Waals surface area contributed by atoms with Crippen molar-refractivity contribution in [2.24, 2.45) is 0 Å². The molecule has 4 heteroatoms. The number of nitrogens with one attached hydrogen (secondary N) is 1. The maximum atomic E-state index is 11.0. The molecule has 0 saturated heterocycles. The standard InChI is InChI=1S/C15H23NO3/c1-4-9-16-15(2,11-14(17)18)10-12-5-7-13(19-3)8-6-12/h5-8,16H,4,9-11H2,1-3H3,(H,17,18). The van der Waals surface area contributed by atoms with E-state index in [4.69, 9.17) is 9.84 Å². The first-order chi connectivity index (χ1) is 8.99. The van der Waals surface area contributed by atoms with Crippen molar-refractivity contribution in [1.29, 1.82) is 0 Å². The Morgan fingerprint density at radius 1 is 1.37 bits per heavy atom. The lowest BCUT2D eigenvalue weighted by atomic mass is 9.89. The van der Waals surface area contributed by atoms with Crippen LogP contribution in [0.5, 0.6) is 5.75 Å². The van der Waals surface area contributed by atoms with Gasteiger partial charge in [-0.2, -0.15) is 0 Å². The van der Waals surface area contributed by atoms with Crippen molar-refractivity contribution in [3.63, 3.8) is 0 Å². The summed E-state index contributed by atoms with van der Waals surface area (Å²) >= 11 is 0. The zero-order valence-electron chi connectivity index (χ0n) is 11.9. The summed E-state index contributed by atoms with van der Waals surface area (Å²) in [7, 11) is 1.63. The van der Waals surface area contributed by atoms with Gasteiger partial charge in [0.1, 0.15) is 5.75 Å². The van der Waals surface area contributed by atoms with Gasteiger partial charge in [0.05, 0.1) is 13.5 Å². The molecular weight excluding hydrogens is 242 g/mol. The molecule has 1 aromatic carbocycles. The highest BCUT2D eigenvalue weighted by Gasteiger charge is 2.26.